The fraction of sp³-hybridized carbons (Fsp3) is 0.0638. The summed E-state index contributed by atoms with van der Waals surface area (Å²) in [5.74, 6) is 1.95. The molecule has 1 aromatic heterocycles. The van der Waals surface area contributed by atoms with Gasteiger partial charge in [-0.25, -0.2) is 19.8 Å². The molecule has 0 amide bonds. The molecule has 0 atom stereocenters. The summed E-state index contributed by atoms with van der Waals surface area (Å²) in [5, 5.41) is 2.39. The number of benzene rings is 7. The molecule has 1 heterocycles. The van der Waals surface area contributed by atoms with Crippen molar-refractivity contribution in [2.75, 3.05) is 0 Å². The van der Waals surface area contributed by atoms with Crippen molar-refractivity contribution in [2.24, 2.45) is 0 Å². The van der Waals surface area contributed by atoms with Crippen LogP contribution in [0.1, 0.15) is 25.0 Å². The Morgan fingerprint density at radius 3 is 1.37 bits per heavy atom. The van der Waals surface area contributed by atoms with Gasteiger partial charge in [0, 0.05) is 22.1 Å². The van der Waals surface area contributed by atoms with Gasteiger partial charge in [0.2, 0.25) is 0 Å². The summed E-state index contributed by atoms with van der Waals surface area (Å²) in [4.78, 5) is 18.3. The number of nitrogens with zero attached hydrogens (tertiary/aromatic N) is 4. The molecule has 51 heavy (non-hydrogen) atoms. The minimum absolute atomic E-state index is 0.166. The van der Waals surface area contributed by atoms with Crippen molar-refractivity contribution in [2.45, 2.75) is 19.3 Å². The van der Waals surface area contributed by atoms with E-state index < -0.39 is 0 Å². The van der Waals surface area contributed by atoms with Gasteiger partial charge in [-0.05, 0) is 73.5 Å². The Bertz CT molecular complexity index is 2600. The van der Waals surface area contributed by atoms with Crippen molar-refractivity contribution in [3.05, 3.63) is 180 Å². The van der Waals surface area contributed by atoms with Crippen LogP contribution in [-0.2, 0) is 5.41 Å². The lowest BCUT2D eigenvalue weighted by atomic mass is 9.81. The largest absolute Gasteiger partial charge is 0.238 e. The van der Waals surface area contributed by atoms with Gasteiger partial charge in [0.25, 0.3) is 0 Å². The first-order chi connectivity index (χ1) is 24.9. The molecular formula is C47H32N4. The molecular weight excluding hydrogens is 621 g/mol. The van der Waals surface area contributed by atoms with Crippen LogP contribution in [0.5, 0.6) is 0 Å². The van der Waals surface area contributed by atoms with Gasteiger partial charge < -0.3 is 0 Å². The Balaban J connectivity index is 1.01. The maximum atomic E-state index is 7.49. The summed E-state index contributed by atoms with van der Waals surface area (Å²) < 4.78 is 0. The van der Waals surface area contributed by atoms with E-state index in [-0.39, 0.29) is 5.41 Å². The predicted octanol–water partition coefficient (Wildman–Crippen LogP) is 12.2. The molecule has 9 rings (SSSR count). The molecule has 0 unspecified atom stereocenters. The average Bonchev–Trinajstić information content (AvgIpc) is 3.42. The molecule has 240 valence electrons. The van der Waals surface area contributed by atoms with Gasteiger partial charge in [0.05, 0.1) is 6.57 Å². The molecule has 8 aromatic rings. The summed E-state index contributed by atoms with van der Waals surface area (Å²) in [6, 6.07) is 54.9. The summed E-state index contributed by atoms with van der Waals surface area (Å²) in [6.45, 7) is 12.0. The molecule has 0 radical (unpaired) electrons. The molecule has 1 aliphatic rings. The lowest BCUT2D eigenvalue weighted by molar-refractivity contribution is 0.661. The van der Waals surface area contributed by atoms with Crippen LogP contribution < -0.4 is 0 Å². The van der Waals surface area contributed by atoms with Gasteiger partial charge in [-0.3, -0.25) is 0 Å². The van der Waals surface area contributed by atoms with E-state index in [0.29, 0.717) is 23.2 Å². The van der Waals surface area contributed by atoms with E-state index >= 15 is 0 Å². The highest BCUT2D eigenvalue weighted by molar-refractivity contribution is 5.92. The topological polar surface area (TPSA) is 43.0 Å². The summed E-state index contributed by atoms with van der Waals surface area (Å²) >= 11 is 0. The highest BCUT2D eigenvalue weighted by Crippen LogP contribution is 2.50. The second-order valence-corrected chi connectivity index (χ2v) is 13.6. The highest BCUT2D eigenvalue weighted by Gasteiger charge is 2.35. The zero-order valence-corrected chi connectivity index (χ0v) is 28.3. The minimum atomic E-state index is -0.166. The number of hydrogen-bond donors (Lipinski definition) is 0. The fourth-order valence-corrected chi connectivity index (χ4v) is 7.33. The van der Waals surface area contributed by atoms with Crippen molar-refractivity contribution in [1.29, 1.82) is 0 Å². The van der Waals surface area contributed by atoms with E-state index in [1.54, 1.807) is 0 Å². The van der Waals surface area contributed by atoms with Gasteiger partial charge in [-0.2, -0.15) is 0 Å². The Hall–Kier alpha value is -6.70. The minimum Gasteiger partial charge on any atom is -0.238 e. The number of aromatic nitrogens is 3. The maximum absolute atomic E-state index is 7.49. The molecule has 0 spiro atoms. The van der Waals surface area contributed by atoms with Crippen LogP contribution in [0, 0.1) is 6.57 Å². The molecule has 0 N–H and O–H groups in total. The van der Waals surface area contributed by atoms with Crippen molar-refractivity contribution in [3.63, 3.8) is 0 Å². The molecule has 7 aromatic carbocycles. The van der Waals surface area contributed by atoms with E-state index in [2.05, 4.69) is 110 Å². The van der Waals surface area contributed by atoms with Crippen LogP contribution in [0.25, 0.3) is 83.2 Å². The quantitative estimate of drug-likeness (QED) is 0.174. The number of fused-ring (bicyclic) bond motifs is 4. The van der Waals surface area contributed by atoms with Crippen LogP contribution in [0.3, 0.4) is 0 Å². The first-order valence-corrected chi connectivity index (χ1v) is 17.1. The van der Waals surface area contributed by atoms with Crippen molar-refractivity contribution >= 4 is 16.5 Å². The zero-order valence-electron chi connectivity index (χ0n) is 28.3. The monoisotopic (exact) mass is 652 g/mol. The Kier molecular flexibility index (Phi) is 7.15. The second-order valence-electron chi connectivity index (χ2n) is 13.6. The van der Waals surface area contributed by atoms with Crippen LogP contribution in [0.4, 0.5) is 5.69 Å². The standard InChI is InChI=1S/C47H32N4/c1-47(2)42-28-38(22-24-40(42)41-25-23-39(48-3)29-43(41)47)37-21-20-35-26-34(18-19-36(35)27-37)30-14-16-33(17-15-30)46-50-44(31-10-6-4-7-11-31)49-45(51-46)32-12-8-5-9-13-32/h4-29H,1-2H3. The number of hydrogen-bond acceptors (Lipinski definition) is 3. The van der Waals surface area contributed by atoms with Crippen LogP contribution in [0.15, 0.2) is 158 Å². The Morgan fingerprint density at radius 2 is 0.824 bits per heavy atom. The summed E-state index contributed by atoms with van der Waals surface area (Å²) in [5.41, 5.74) is 13.1. The number of rotatable bonds is 5. The third kappa shape index (κ3) is 5.37. The third-order valence-electron chi connectivity index (χ3n) is 10.1. The molecule has 4 nitrogen and oxygen atoms in total. The normalized spacial score (nSPS) is 12.6. The average molecular weight is 653 g/mol. The van der Waals surface area contributed by atoms with E-state index in [1.807, 2.05) is 66.7 Å². The SMILES string of the molecule is [C-]#[N+]c1ccc2c(c1)C(C)(C)c1cc(-c3ccc4cc(-c5ccc(-c6nc(-c7ccccc7)nc(-c7ccccc7)n6)cc5)ccc4c3)ccc1-2. The fourth-order valence-electron chi connectivity index (χ4n) is 7.33. The second kappa shape index (κ2) is 12.0. The van der Waals surface area contributed by atoms with Crippen LogP contribution >= 0.6 is 0 Å². The Labute approximate surface area is 297 Å². The van der Waals surface area contributed by atoms with Crippen molar-refractivity contribution in [1.82, 2.24) is 15.0 Å². The van der Waals surface area contributed by atoms with Gasteiger partial charge in [-0.15, -0.1) is 0 Å². The lowest BCUT2D eigenvalue weighted by Crippen LogP contribution is -2.14. The lowest BCUT2D eigenvalue weighted by Gasteiger charge is -2.22. The van der Waals surface area contributed by atoms with Gasteiger partial charge in [0.15, 0.2) is 23.2 Å². The summed E-state index contributed by atoms with van der Waals surface area (Å²) in [7, 11) is 0. The van der Waals surface area contributed by atoms with E-state index in [9.17, 15) is 0 Å². The van der Waals surface area contributed by atoms with Crippen LogP contribution in [0.2, 0.25) is 0 Å². The third-order valence-corrected chi connectivity index (χ3v) is 10.1. The van der Waals surface area contributed by atoms with Crippen molar-refractivity contribution in [3.8, 4) is 67.5 Å². The Morgan fingerprint density at radius 1 is 0.412 bits per heavy atom. The zero-order chi connectivity index (χ0) is 34.5. The smallest absolute Gasteiger partial charge is 0.187 e. The first-order valence-electron chi connectivity index (χ1n) is 17.1. The highest BCUT2D eigenvalue weighted by atomic mass is 15.0. The van der Waals surface area contributed by atoms with Crippen LogP contribution in [-0.4, -0.2) is 15.0 Å². The van der Waals surface area contributed by atoms with E-state index in [4.69, 9.17) is 21.5 Å². The first kappa shape index (κ1) is 30.4. The predicted molar refractivity (Wildman–Crippen MR) is 208 cm³/mol. The molecule has 0 saturated heterocycles. The molecule has 0 saturated carbocycles. The maximum Gasteiger partial charge on any atom is 0.187 e. The molecule has 1 aliphatic carbocycles. The van der Waals surface area contributed by atoms with E-state index in [1.165, 1.54) is 44.2 Å². The molecule has 0 fully saturated rings. The van der Waals surface area contributed by atoms with Gasteiger partial charge in [0.1, 0.15) is 0 Å². The van der Waals surface area contributed by atoms with Gasteiger partial charge in [-0.1, -0.05) is 153 Å². The molecule has 0 bridgehead atoms. The van der Waals surface area contributed by atoms with Crippen molar-refractivity contribution < 1.29 is 0 Å². The summed E-state index contributed by atoms with van der Waals surface area (Å²) in [6.07, 6.45) is 0. The molecule has 0 aliphatic heterocycles. The van der Waals surface area contributed by atoms with E-state index in [0.717, 1.165) is 27.8 Å². The van der Waals surface area contributed by atoms with Gasteiger partial charge >= 0.3 is 0 Å². The molecule has 4 heteroatoms.